The number of anilines is 1. The Hall–Kier alpha value is -2.46. The summed E-state index contributed by atoms with van der Waals surface area (Å²) >= 11 is -2.35. The van der Waals surface area contributed by atoms with E-state index in [0.717, 1.165) is 21.1 Å². The summed E-state index contributed by atoms with van der Waals surface area (Å²) < 4.78 is 27.7. The normalized spacial score (nSPS) is 13.0. The Bertz CT molecular complexity index is 803. The van der Waals surface area contributed by atoms with Crippen LogP contribution in [0, 0.1) is 6.92 Å². The molecule has 152 valence electrons. The van der Waals surface area contributed by atoms with Crippen molar-refractivity contribution < 1.29 is 23.5 Å². The molecule has 2 aromatic rings. The van der Waals surface area contributed by atoms with E-state index in [-0.39, 0.29) is 6.54 Å². The molecule has 0 heterocycles. The van der Waals surface area contributed by atoms with Gasteiger partial charge in [0.2, 0.25) is 11.3 Å². The van der Waals surface area contributed by atoms with Crippen LogP contribution in [0.4, 0.5) is 5.69 Å². The van der Waals surface area contributed by atoms with Crippen molar-refractivity contribution in [2.24, 2.45) is 0 Å². The van der Waals surface area contributed by atoms with Gasteiger partial charge in [0.1, 0.15) is 18.4 Å². The fraction of sp³-hybridized carbons (Fsp3) is 0.316. The van der Waals surface area contributed by atoms with Gasteiger partial charge in [-0.1, -0.05) is 36.4 Å². The Balaban J connectivity index is 1.95. The third-order valence-electron chi connectivity index (χ3n) is 4.23. The quantitative estimate of drug-likeness (QED) is 0.273. The van der Waals surface area contributed by atoms with Gasteiger partial charge in [-0.25, -0.2) is 9.69 Å². The first kappa shape index (κ1) is 21.8. The van der Waals surface area contributed by atoms with Gasteiger partial charge in [0.25, 0.3) is 5.91 Å². The van der Waals surface area contributed by atoms with Gasteiger partial charge in [-0.3, -0.25) is 14.6 Å². The van der Waals surface area contributed by atoms with E-state index in [9.17, 15) is 13.6 Å². The van der Waals surface area contributed by atoms with Crippen LogP contribution in [0.3, 0.4) is 0 Å². The van der Waals surface area contributed by atoms with Gasteiger partial charge in [0.05, 0.1) is 0 Å². The van der Waals surface area contributed by atoms with Crippen molar-refractivity contribution in [2.45, 2.75) is 26.5 Å². The number of carbonyl (C=O) groups excluding carboxylic acids is 1. The first-order valence-electron chi connectivity index (χ1n) is 8.75. The van der Waals surface area contributed by atoms with E-state index in [1.54, 1.807) is 0 Å². The van der Waals surface area contributed by atoms with E-state index in [4.69, 9.17) is 9.94 Å². The molecule has 0 aromatic heterocycles. The average molecular weight is 407 g/mol. The lowest BCUT2D eigenvalue weighted by Gasteiger charge is -2.23. The van der Waals surface area contributed by atoms with Crippen LogP contribution >= 0.6 is 0 Å². The number of rotatable bonds is 10. The largest absolute Gasteiger partial charge is 0.489 e. The summed E-state index contributed by atoms with van der Waals surface area (Å²) in [5, 5.41) is 11.9. The number of benzene rings is 2. The molecule has 4 N–H and O–H groups in total. The highest BCUT2D eigenvalue weighted by Gasteiger charge is 2.24. The Kier molecular flexibility index (Phi) is 8.40. The van der Waals surface area contributed by atoms with Crippen LogP contribution in [-0.2, 0) is 22.7 Å². The lowest BCUT2D eigenvalue weighted by molar-refractivity contribution is -0.132. The fourth-order valence-corrected chi connectivity index (χ4v) is 3.17. The van der Waals surface area contributed by atoms with Gasteiger partial charge >= 0.3 is 0 Å². The number of amides is 1. The second-order valence-corrected chi connectivity index (χ2v) is 7.13. The zero-order valence-electron chi connectivity index (χ0n) is 15.8. The zero-order valence-corrected chi connectivity index (χ0v) is 16.6. The Morgan fingerprint density at radius 1 is 1.25 bits per heavy atom. The maximum atomic E-state index is 11.5. The Labute approximate surface area is 166 Å². The van der Waals surface area contributed by atoms with E-state index in [0.29, 0.717) is 18.9 Å². The standard InChI is InChI=1S/C19H25N3O5S/c1-14-8-9-17(27-13-16-6-4-3-5-7-16)12-18(14)20-10-11-22(28(25)26)15(2)19(23)21-24/h3-9,12,15,20,24H,10-11,13H2,1-2H3,(H,21,23)(H,25,26)/t15-/m1/s1. The smallest absolute Gasteiger partial charge is 0.261 e. The number of hydrogen-bond acceptors (Lipinski definition) is 5. The topological polar surface area (TPSA) is 111 Å². The molecule has 2 atom stereocenters. The van der Waals surface area contributed by atoms with Gasteiger partial charge in [0, 0.05) is 24.8 Å². The maximum Gasteiger partial charge on any atom is 0.261 e. The van der Waals surface area contributed by atoms with Crippen molar-refractivity contribution in [1.82, 2.24) is 9.79 Å². The van der Waals surface area contributed by atoms with Crippen LogP contribution in [0.25, 0.3) is 0 Å². The molecule has 1 amide bonds. The summed E-state index contributed by atoms with van der Waals surface area (Å²) in [7, 11) is 0. The third kappa shape index (κ3) is 6.31. The Morgan fingerprint density at radius 3 is 2.61 bits per heavy atom. The molecule has 1 unspecified atom stereocenters. The van der Waals surface area contributed by atoms with Crippen LogP contribution in [-0.4, -0.2) is 43.3 Å². The number of ether oxygens (including phenoxy) is 1. The van der Waals surface area contributed by atoms with Gasteiger partial charge in [-0.15, -0.1) is 0 Å². The van der Waals surface area contributed by atoms with Crippen LogP contribution in [0.2, 0.25) is 0 Å². The lowest BCUT2D eigenvalue weighted by Crippen LogP contribution is -2.46. The second-order valence-electron chi connectivity index (χ2n) is 6.20. The second kappa shape index (κ2) is 10.8. The van der Waals surface area contributed by atoms with Gasteiger partial charge in [-0.05, 0) is 31.0 Å². The summed E-state index contributed by atoms with van der Waals surface area (Å²) in [5.74, 6) is -0.0533. The van der Waals surface area contributed by atoms with Gasteiger partial charge in [-0.2, -0.15) is 4.31 Å². The van der Waals surface area contributed by atoms with Crippen molar-refractivity contribution in [1.29, 1.82) is 0 Å². The van der Waals surface area contributed by atoms with Crippen molar-refractivity contribution >= 4 is 22.9 Å². The molecule has 0 aliphatic carbocycles. The first-order valence-corrected chi connectivity index (χ1v) is 9.81. The molecule has 0 saturated carbocycles. The van der Waals surface area contributed by atoms with Crippen LogP contribution in [0.15, 0.2) is 48.5 Å². The minimum Gasteiger partial charge on any atom is -0.489 e. The zero-order chi connectivity index (χ0) is 20.5. The molecule has 0 radical (unpaired) electrons. The molecule has 0 aliphatic heterocycles. The number of nitrogens with zero attached hydrogens (tertiary/aromatic N) is 1. The van der Waals surface area contributed by atoms with Crippen molar-refractivity contribution in [3.05, 3.63) is 59.7 Å². The van der Waals surface area contributed by atoms with E-state index in [2.05, 4.69) is 5.32 Å². The van der Waals surface area contributed by atoms with Crippen molar-refractivity contribution in [3.63, 3.8) is 0 Å². The molecular weight excluding hydrogens is 382 g/mol. The number of hydrogen-bond donors (Lipinski definition) is 4. The number of nitrogens with one attached hydrogen (secondary N) is 2. The predicted molar refractivity (Wildman–Crippen MR) is 107 cm³/mol. The average Bonchev–Trinajstić information content (AvgIpc) is 2.70. The molecule has 0 spiro atoms. The van der Waals surface area contributed by atoms with E-state index in [1.165, 1.54) is 12.4 Å². The summed E-state index contributed by atoms with van der Waals surface area (Å²) in [4.78, 5) is 11.5. The fourth-order valence-electron chi connectivity index (χ4n) is 2.55. The van der Waals surface area contributed by atoms with Gasteiger partial charge < -0.3 is 10.1 Å². The molecule has 0 fully saturated rings. The molecule has 2 aromatic carbocycles. The molecular formula is C19H25N3O5S. The van der Waals surface area contributed by atoms with Crippen LogP contribution < -0.4 is 15.5 Å². The van der Waals surface area contributed by atoms with Crippen molar-refractivity contribution in [2.75, 3.05) is 18.4 Å². The highest BCUT2D eigenvalue weighted by molar-refractivity contribution is 7.76. The van der Waals surface area contributed by atoms with Crippen LogP contribution in [0.5, 0.6) is 5.75 Å². The molecule has 2 rings (SSSR count). The monoisotopic (exact) mass is 407 g/mol. The molecule has 0 aliphatic rings. The summed E-state index contributed by atoms with van der Waals surface area (Å²) in [5.41, 5.74) is 4.37. The molecule has 0 saturated heterocycles. The number of aryl methyl sites for hydroxylation is 1. The highest BCUT2D eigenvalue weighted by Crippen LogP contribution is 2.23. The summed E-state index contributed by atoms with van der Waals surface area (Å²) in [6, 6.07) is 14.5. The molecule has 28 heavy (non-hydrogen) atoms. The van der Waals surface area contributed by atoms with Crippen LogP contribution in [0.1, 0.15) is 18.1 Å². The first-order chi connectivity index (χ1) is 13.4. The SMILES string of the molecule is Cc1ccc(OCc2ccccc2)cc1NCCN([C@H](C)C(=O)NO)S(=O)O. The van der Waals surface area contributed by atoms with E-state index >= 15 is 0 Å². The summed E-state index contributed by atoms with van der Waals surface area (Å²) in [6.45, 7) is 4.26. The highest BCUT2D eigenvalue weighted by atomic mass is 32.2. The molecule has 8 nitrogen and oxygen atoms in total. The maximum absolute atomic E-state index is 11.5. The Morgan fingerprint density at radius 2 is 1.96 bits per heavy atom. The molecule has 9 heteroatoms. The van der Waals surface area contributed by atoms with E-state index in [1.807, 2.05) is 55.5 Å². The minimum absolute atomic E-state index is 0.117. The predicted octanol–water partition coefficient (Wildman–Crippen LogP) is 2.32. The van der Waals surface area contributed by atoms with Crippen molar-refractivity contribution in [3.8, 4) is 5.75 Å². The van der Waals surface area contributed by atoms with E-state index < -0.39 is 23.2 Å². The van der Waals surface area contributed by atoms with Gasteiger partial charge in [0.15, 0.2) is 0 Å². The molecule has 0 bridgehead atoms. The minimum atomic E-state index is -2.35. The summed E-state index contributed by atoms with van der Waals surface area (Å²) in [6.07, 6.45) is 0. The lowest BCUT2D eigenvalue weighted by atomic mass is 10.2. The number of carbonyl (C=O) groups is 1. The third-order valence-corrected chi connectivity index (χ3v) is 5.13. The number of hydroxylamine groups is 1.